The van der Waals surface area contributed by atoms with Crippen LogP contribution in [-0.4, -0.2) is 56.7 Å². The number of rotatable bonds is 6. The summed E-state index contributed by atoms with van der Waals surface area (Å²) in [6.07, 6.45) is 4.70. The lowest BCUT2D eigenvalue weighted by Gasteiger charge is -2.21. The molecule has 2 atom stereocenters. The SMILES string of the molecule is C[C@H](CO)NC[C@H]1CCN(c2ccc3c(c2)Cn2cc(-c4ccc(F)cc4F)cc2-c2nncn2-3)C1. The van der Waals surface area contributed by atoms with Crippen molar-refractivity contribution in [3.05, 3.63) is 72.2 Å². The lowest BCUT2D eigenvalue weighted by atomic mass is 10.1. The molecule has 2 aromatic carbocycles. The molecule has 2 aliphatic heterocycles. The van der Waals surface area contributed by atoms with Crippen molar-refractivity contribution in [1.29, 1.82) is 0 Å². The summed E-state index contributed by atoms with van der Waals surface area (Å²) in [6.45, 7) is 5.57. The average Bonchev–Trinajstić information content (AvgIpc) is 3.61. The van der Waals surface area contributed by atoms with Crippen LogP contribution in [0.2, 0.25) is 0 Å². The van der Waals surface area contributed by atoms with E-state index in [1.807, 2.05) is 23.8 Å². The third kappa shape index (κ3) is 4.08. The van der Waals surface area contributed by atoms with Gasteiger partial charge in [0, 0.05) is 61.3 Å². The van der Waals surface area contributed by atoms with Gasteiger partial charge in [-0.3, -0.25) is 4.57 Å². The minimum Gasteiger partial charge on any atom is -0.395 e. The monoisotopic (exact) mass is 490 g/mol. The van der Waals surface area contributed by atoms with Gasteiger partial charge in [0.25, 0.3) is 0 Å². The number of fused-ring (bicyclic) bond motifs is 5. The van der Waals surface area contributed by atoms with Gasteiger partial charge < -0.3 is 19.9 Å². The summed E-state index contributed by atoms with van der Waals surface area (Å²) in [5.74, 6) is 0.0273. The number of benzene rings is 2. The minimum atomic E-state index is -0.596. The van der Waals surface area contributed by atoms with Crippen molar-refractivity contribution >= 4 is 5.69 Å². The number of hydrogen-bond acceptors (Lipinski definition) is 5. The Morgan fingerprint density at radius 1 is 1.17 bits per heavy atom. The number of nitrogens with one attached hydrogen (secondary N) is 1. The molecule has 36 heavy (non-hydrogen) atoms. The van der Waals surface area contributed by atoms with E-state index in [1.165, 1.54) is 17.8 Å². The van der Waals surface area contributed by atoms with Crippen LogP contribution in [0.4, 0.5) is 14.5 Å². The van der Waals surface area contributed by atoms with Gasteiger partial charge in [0.15, 0.2) is 5.82 Å². The van der Waals surface area contributed by atoms with Gasteiger partial charge in [-0.15, -0.1) is 10.2 Å². The highest BCUT2D eigenvalue weighted by atomic mass is 19.1. The number of halogens is 2. The van der Waals surface area contributed by atoms with Crippen molar-refractivity contribution in [2.45, 2.75) is 25.9 Å². The quantitative estimate of drug-likeness (QED) is 0.379. The zero-order valence-corrected chi connectivity index (χ0v) is 20.0. The third-order valence-electron chi connectivity index (χ3n) is 7.26. The van der Waals surface area contributed by atoms with Gasteiger partial charge in [-0.1, -0.05) is 0 Å². The van der Waals surface area contributed by atoms with E-state index in [-0.39, 0.29) is 12.6 Å². The normalized spacial score (nSPS) is 17.4. The summed E-state index contributed by atoms with van der Waals surface area (Å²) in [7, 11) is 0. The zero-order valence-electron chi connectivity index (χ0n) is 20.0. The summed E-state index contributed by atoms with van der Waals surface area (Å²) in [5.41, 5.74) is 5.15. The van der Waals surface area contributed by atoms with Crippen LogP contribution in [0.1, 0.15) is 18.9 Å². The van der Waals surface area contributed by atoms with Crippen molar-refractivity contribution in [3.63, 3.8) is 0 Å². The molecule has 0 bridgehead atoms. The smallest absolute Gasteiger partial charge is 0.185 e. The number of aliphatic hydroxyl groups is 1. The third-order valence-corrected chi connectivity index (χ3v) is 7.26. The van der Waals surface area contributed by atoms with E-state index in [9.17, 15) is 13.9 Å². The van der Waals surface area contributed by atoms with Gasteiger partial charge in [-0.2, -0.15) is 0 Å². The van der Waals surface area contributed by atoms with Crippen LogP contribution in [0.15, 0.2) is 55.0 Å². The maximum Gasteiger partial charge on any atom is 0.185 e. The standard InChI is InChI=1S/C27H28F2N6O/c1-17(15-36)30-11-18-6-7-33(12-18)22-3-5-25-20(8-22)14-34-13-19(23-4-2-21(28)10-24(23)29)9-26(34)27-32-31-16-35(25)27/h2-5,8-10,13,16-18,30,36H,6-7,11-12,14-15H2,1H3/t17-,18-/m1/s1. The molecule has 6 rings (SSSR count). The summed E-state index contributed by atoms with van der Waals surface area (Å²) >= 11 is 0. The number of nitrogens with zero attached hydrogens (tertiary/aromatic N) is 5. The molecule has 186 valence electrons. The molecule has 9 heteroatoms. The van der Waals surface area contributed by atoms with Crippen LogP contribution in [0.25, 0.3) is 28.3 Å². The highest BCUT2D eigenvalue weighted by molar-refractivity contribution is 5.72. The van der Waals surface area contributed by atoms with Gasteiger partial charge in [0.2, 0.25) is 0 Å². The van der Waals surface area contributed by atoms with E-state index in [1.54, 1.807) is 6.33 Å². The Labute approximate surface area is 208 Å². The van der Waals surface area contributed by atoms with Crippen molar-refractivity contribution in [2.24, 2.45) is 5.92 Å². The Morgan fingerprint density at radius 2 is 2.06 bits per heavy atom. The minimum absolute atomic E-state index is 0.105. The average molecular weight is 491 g/mol. The maximum atomic E-state index is 14.5. The second-order valence-electron chi connectivity index (χ2n) is 9.80. The Bertz CT molecular complexity index is 1410. The molecule has 1 saturated heterocycles. The number of aromatic nitrogens is 4. The van der Waals surface area contributed by atoms with E-state index in [0.29, 0.717) is 29.4 Å². The van der Waals surface area contributed by atoms with Gasteiger partial charge >= 0.3 is 0 Å². The highest BCUT2D eigenvalue weighted by Gasteiger charge is 2.26. The molecule has 2 N–H and O–H groups in total. The molecule has 0 radical (unpaired) electrons. The molecule has 0 unspecified atom stereocenters. The van der Waals surface area contributed by atoms with Gasteiger partial charge in [-0.25, -0.2) is 8.78 Å². The molecular weight excluding hydrogens is 462 g/mol. The summed E-state index contributed by atoms with van der Waals surface area (Å²) in [6, 6.07) is 12.1. The molecule has 4 aromatic rings. The first-order valence-electron chi connectivity index (χ1n) is 12.3. The lowest BCUT2D eigenvalue weighted by molar-refractivity contribution is 0.247. The fraction of sp³-hybridized carbons (Fsp3) is 0.333. The number of hydrogen-bond donors (Lipinski definition) is 2. The van der Waals surface area contributed by atoms with Crippen molar-refractivity contribution in [3.8, 4) is 28.3 Å². The van der Waals surface area contributed by atoms with Crippen molar-refractivity contribution in [2.75, 3.05) is 31.1 Å². The van der Waals surface area contributed by atoms with Crippen LogP contribution >= 0.6 is 0 Å². The van der Waals surface area contributed by atoms with E-state index in [4.69, 9.17) is 0 Å². The largest absolute Gasteiger partial charge is 0.395 e. The lowest BCUT2D eigenvalue weighted by Crippen LogP contribution is -2.34. The predicted molar refractivity (Wildman–Crippen MR) is 134 cm³/mol. The highest BCUT2D eigenvalue weighted by Crippen LogP contribution is 2.36. The van der Waals surface area contributed by atoms with Crippen molar-refractivity contribution in [1.82, 2.24) is 24.6 Å². The second kappa shape index (κ2) is 9.15. The molecular formula is C27H28F2N6O. The van der Waals surface area contributed by atoms with Crippen LogP contribution in [0.3, 0.4) is 0 Å². The Morgan fingerprint density at radius 3 is 2.89 bits per heavy atom. The topological polar surface area (TPSA) is 71.1 Å². The molecule has 0 saturated carbocycles. The molecule has 0 amide bonds. The number of anilines is 1. The van der Waals surface area contributed by atoms with E-state index in [0.717, 1.165) is 49.1 Å². The van der Waals surface area contributed by atoms with Gasteiger partial charge in [-0.05, 0) is 61.2 Å². The van der Waals surface area contributed by atoms with E-state index in [2.05, 4.69) is 43.2 Å². The Hall–Kier alpha value is -3.56. The second-order valence-corrected chi connectivity index (χ2v) is 9.80. The van der Waals surface area contributed by atoms with Crippen molar-refractivity contribution < 1.29 is 13.9 Å². The molecule has 2 aromatic heterocycles. The first-order valence-corrected chi connectivity index (χ1v) is 12.3. The Balaban J connectivity index is 1.31. The molecule has 7 nitrogen and oxygen atoms in total. The summed E-state index contributed by atoms with van der Waals surface area (Å²) in [5, 5.41) is 21.2. The molecule has 4 heterocycles. The Kier molecular flexibility index (Phi) is 5.81. The van der Waals surface area contributed by atoms with Gasteiger partial charge in [0.1, 0.15) is 18.0 Å². The van der Waals surface area contributed by atoms with E-state index < -0.39 is 11.6 Å². The van der Waals surface area contributed by atoms with Gasteiger partial charge in [0.05, 0.1) is 18.0 Å². The predicted octanol–water partition coefficient (Wildman–Crippen LogP) is 3.84. The van der Waals surface area contributed by atoms with Crippen LogP contribution < -0.4 is 10.2 Å². The molecule has 0 spiro atoms. The summed E-state index contributed by atoms with van der Waals surface area (Å²) in [4.78, 5) is 2.41. The maximum absolute atomic E-state index is 14.5. The first-order chi connectivity index (χ1) is 17.5. The zero-order chi connectivity index (χ0) is 24.8. The summed E-state index contributed by atoms with van der Waals surface area (Å²) < 4.78 is 32.0. The molecule has 2 aliphatic rings. The first kappa shape index (κ1) is 22.9. The van der Waals surface area contributed by atoms with Crippen LogP contribution in [0.5, 0.6) is 0 Å². The molecule has 1 fully saturated rings. The van der Waals surface area contributed by atoms with E-state index >= 15 is 0 Å². The number of aliphatic hydroxyl groups excluding tert-OH is 1. The van der Waals surface area contributed by atoms with Crippen LogP contribution in [-0.2, 0) is 6.54 Å². The van der Waals surface area contributed by atoms with Crippen LogP contribution in [0, 0.1) is 17.6 Å². The molecule has 0 aliphatic carbocycles. The fourth-order valence-electron chi connectivity index (χ4n) is 5.27. The fourth-order valence-corrected chi connectivity index (χ4v) is 5.27.